The van der Waals surface area contributed by atoms with Crippen LogP contribution in [-0.2, 0) is 0 Å². The lowest BCUT2D eigenvalue weighted by atomic mass is 9.90. The van der Waals surface area contributed by atoms with Crippen molar-refractivity contribution in [3.8, 4) is 0 Å². The number of thiol groups is 1. The van der Waals surface area contributed by atoms with Crippen LogP contribution in [0.1, 0.15) is 59.3 Å². The summed E-state index contributed by atoms with van der Waals surface area (Å²) in [6.07, 6.45) is 8.09. The summed E-state index contributed by atoms with van der Waals surface area (Å²) in [4.78, 5) is 0. The average molecular weight is 174 g/mol. The first-order valence-electron chi connectivity index (χ1n) is 4.84. The van der Waals surface area contributed by atoms with Crippen molar-refractivity contribution in [3.05, 3.63) is 0 Å². The van der Waals surface area contributed by atoms with Crippen LogP contribution in [0.5, 0.6) is 0 Å². The van der Waals surface area contributed by atoms with E-state index in [2.05, 4.69) is 33.4 Å². The lowest BCUT2D eigenvalue weighted by Gasteiger charge is -2.27. The molecule has 0 aliphatic heterocycles. The highest BCUT2D eigenvalue weighted by Crippen LogP contribution is 2.32. The van der Waals surface area contributed by atoms with Gasteiger partial charge in [0.05, 0.1) is 0 Å². The summed E-state index contributed by atoms with van der Waals surface area (Å²) in [6.45, 7) is 6.50. The van der Waals surface area contributed by atoms with E-state index in [-0.39, 0.29) is 0 Å². The van der Waals surface area contributed by atoms with Gasteiger partial charge < -0.3 is 0 Å². The van der Waals surface area contributed by atoms with E-state index in [0.29, 0.717) is 4.75 Å². The van der Waals surface area contributed by atoms with Gasteiger partial charge in [-0.25, -0.2) is 0 Å². The van der Waals surface area contributed by atoms with Gasteiger partial charge in [-0.2, -0.15) is 12.6 Å². The smallest absolute Gasteiger partial charge is 0.0101 e. The van der Waals surface area contributed by atoms with Crippen molar-refractivity contribution in [1.82, 2.24) is 0 Å². The van der Waals surface area contributed by atoms with Gasteiger partial charge in [0, 0.05) is 4.75 Å². The summed E-state index contributed by atoms with van der Waals surface area (Å²) in [5.41, 5.74) is 0. The topological polar surface area (TPSA) is 0 Å². The molecular formula is C10H22S. The maximum absolute atomic E-state index is 4.52. The molecule has 0 aromatic carbocycles. The van der Waals surface area contributed by atoms with Crippen molar-refractivity contribution in [1.29, 1.82) is 0 Å². The summed E-state index contributed by atoms with van der Waals surface area (Å²) in [6, 6.07) is 0. The van der Waals surface area contributed by atoms with Gasteiger partial charge in [0.1, 0.15) is 0 Å². The molecule has 0 spiro atoms. The van der Waals surface area contributed by atoms with Gasteiger partial charge in [-0.1, -0.05) is 46.5 Å². The molecule has 0 heterocycles. The van der Waals surface area contributed by atoms with Crippen LogP contribution in [0.25, 0.3) is 0 Å². The fourth-order valence-electron chi connectivity index (χ4n) is 1.31. The molecule has 1 rings (SSSR count). The van der Waals surface area contributed by atoms with Crippen LogP contribution >= 0.6 is 12.6 Å². The zero-order valence-electron chi connectivity index (χ0n) is 8.19. The molecule has 0 saturated heterocycles. The van der Waals surface area contributed by atoms with Crippen LogP contribution in [-0.4, -0.2) is 4.75 Å². The van der Waals surface area contributed by atoms with Crippen LogP contribution in [0.3, 0.4) is 0 Å². The minimum Gasteiger partial charge on any atom is -0.173 e. The Bertz CT molecular complexity index is 78.9. The van der Waals surface area contributed by atoms with Crippen molar-refractivity contribution in [2.24, 2.45) is 0 Å². The zero-order valence-corrected chi connectivity index (χ0v) is 9.08. The maximum atomic E-state index is 4.52. The third kappa shape index (κ3) is 6.74. The molecule has 0 nitrogen and oxygen atoms in total. The van der Waals surface area contributed by atoms with E-state index >= 15 is 0 Å². The fraction of sp³-hybridized carbons (Fsp3) is 1.00. The lowest BCUT2D eigenvalue weighted by Crippen LogP contribution is -2.19. The summed E-state index contributed by atoms with van der Waals surface area (Å²) >= 11 is 4.52. The second-order valence-electron chi connectivity index (χ2n) is 3.76. The highest BCUT2D eigenvalue weighted by molar-refractivity contribution is 7.81. The van der Waals surface area contributed by atoms with E-state index in [0.717, 1.165) is 0 Å². The SMILES string of the molecule is CC1(S)CCCCC1.CCC. The normalized spacial score (nSPS) is 21.8. The first-order chi connectivity index (χ1) is 5.12. The fourth-order valence-corrected chi connectivity index (χ4v) is 1.63. The molecule has 68 valence electrons. The predicted octanol–water partition coefficient (Wildman–Crippen LogP) is 4.06. The molecule has 1 fully saturated rings. The number of hydrogen-bond acceptors (Lipinski definition) is 1. The van der Waals surface area contributed by atoms with Gasteiger partial charge in [-0.05, 0) is 12.8 Å². The van der Waals surface area contributed by atoms with E-state index in [1.165, 1.54) is 38.5 Å². The Morgan fingerprint density at radius 2 is 1.45 bits per heavy atom. The summed E-state index contributed by atoms with van der Waals surface area (Å²) in [5.74, 6) is 0. The molecule has 1 aliphatic rings. The highest BCUT2D eigenvalue weighted by Gasteiger charge is 2.21. The van der Waals surface area contributed by atoms with E-state index < -0.39 is 0 Å². The van der Waals surface area contributed by atoms with Crippen molar-refractivity contribution in [2.45, 2.75) is 64.0 Å². The average Bonchev–Trinajstić information content (AvgIpc) is 1.88. The molecule has 1 aliphatic carbocycles. The first-order valence-corrected chi connectivity index (χ1v) is 5.29. The van der Waals surface area contributed by atoms with Crippen molar-refractivity contribution in [2.75, 3.05) is 0 Å². The molecule has 0 radical (unpaired) electrons. The van der Waals surface area contributed by atoms with Gasteiger partial charge in [-0.3, -0.25) is 0 Å². The molecule has 0 N–H and O–H groups in total. The zero-order chi connectivity index (χ0) is 8.74. The van der Waals surface area contributed by atoms with E-state index in [1.54, 1.807) is 0 Å². The third-order valence-corrected chi connectivity index (χ3v) is 2.38. The van der Waals surface area contributed by atoms with Crippen LogP contribution < -0.4 is 0 Å². The highest BCUT2D eigenvalue weighted by atomic mass is 32.1. The summed E-state index contributed by atoms with van der Waals surface area (Å²) < 4.78 is 0.373. The van der Waals surface area contributed by atoms with Gasteiger partial charge in [0.2, 0.25) is 0 Å². The summed E-state index contributed by atoms with van der Waals surface area (Å²) in [5, 5.41) is 0. The Labute approximate surface area is 77.2 Å². The molecule has 0 atom stereocenters. The second kappa shape index (κ2) is 5.93. The lowest BCUT2D eigenvalue weighted by molar-refractivity contribution is 0.425. The van der Waals surface area contributed by atoms with E-state index in [1.807, 2.05) is 0 Å². The molecule has 0 unspecified atom stereocenters. The molecule has 11 heavy (non-hydrogen) atoms. The van der Waals surface area contributed by atoms with Crippen LogP contribution in [0, 0.1) is 0 Å². The van der Waals surface area contributed by atoms with Gasteiger partial charge in [0.25, 0.3) is 0 Å². The van der Waals surface area contributed by atoms with Crippen molar-refractivity contribution >= 4 is 12.6 Å². The van der Waals surface area contributed by atoms with Crippen LogP contribution in [0.4, 0.5) is 0 Å². The van der Waals surface area contributed by atoms with Crippen molar-refractivity contribution < 1.29 is 0 Å². The van der Waals surface area contributed by atoms with Gasteiger partial charge in [0.15, 0.2) is 0 Å². The Morgan fingerprint density at radius 3 is 1.64 bits per heavy atom. The quantitative estimate of drug-likeness (QED) is 0.526. The third-order valence-electron chi connectivity index (χ3n) is 1.93. The Kier molecular flexibility index (Phi) is 6.12. The minimum absolute atomic E-state index is 0.373. The predicted molar refractivity (Wildman–Crippen MR) is 56.4 cm³/mol. The van der Waals surface area contributed by atoms with Gasteiger partial charge in [-0.15, -0.1) is 0 Å². The molecule has 0 aromatic heterocycles. The van der Waals surface area contributed by atoms with Crippen molar-refractivity contribution in [3.63, 3.8) is 0 Å². The van der Waals surface area contributed by atoms with E-state index in [9.17, 15) is 0 Å². The monoisotopic (exact) mass is 174 g/mol. The van der Waals surface area contributed by atoms with E-state index in [4.69, 9.17) is 0 Å². The van der Waals surface area contributed by atoms with Crippen LogP contribution in [0.15, 0.2) is 0 Å². The Morgan fingerprint density at radius 1 is 1.09 bits per heavy atom. The van der Waals surface area contributed by atoms with Gasteiger partial charge >= 0.3 is 0 Å². The summed E-state index contributed by atoms with van der Waals surface area (Å²) in [7, 11) is 0. The molecular weight excluding hydrogens is 152 g/mol. The molecule has 0 aromatic rings. The Hall–Kier alpha value is 0.350. The molecule has 1 saturated carbocycles. The number of hydrogen-bond donors (Lipinski definition) is 1. The maximum Gasteiger partial charge on any atom is 0.0101 e. The molecule has 0 amide bonds. The standard InChI is InChI=1S/C7H14S.C3H8/c1-7(8)5-3-2-4-6-7;1-3-2/h8H,2-6H2,1H3;3H2,1-2H3. The Balaban J connectivity index is 0.000000292. The molecule has 0 bridgehead atoms. The largest absolute Gasteiger partial charge is 0.173 e. The molecule has 1 heteroatoms. The van der Waals surface area contributed by atoms with Crippen LogP contribution in [0.2, 0.25) is 0 Å². The first kappa shape index (κ1) is 11.4. The minimum atomic E-state index is 0.373. The number of rotatable bonds is 0. The second-order valence-corrected chi connectivity index (χ2v) is 4.84.